The Morgan fingerprint density at radius 2 is 2.07 bits per heavy atom. The van der Waals surface area contributed by atoms with Crippen molar-refractivity contribution in [1.29, 1.82) is 0 Å². The number of pyridine rings is 1. The highest BCUT2D eigenvalue weighted by molar-refractivity contribution is 5.93. The molecule has 0 unspecified atom stereocenters. The monoisotopic (exact) mass is 405 g/mol. The maximum Gasteiger partial charge on any atom is 0.276 e. The van der Waals surface area contributed by atoms with Gasteiger partial charge >= 0.3 is 0 Å². The molecule has 0 saturated carbocycles. The third kappa shape index (κ3) is 3.25. The minimum atomic E-state index is -0.141. The summed E-state index contributed by atoms with van der Waals surface area (Å²) in [6.07, 6.45) is 4.88. The van der Waals surface area contributed by atoms with Gasteiger partial charge in [-0.1, -0.05) is 5.16 Å². The van der Waals surface area contributed by atoms with Crippen molar-refractivity contribution in [3.05, 3.63) is 54.2 Å². The molecule has 4 aromatic rings. The number of carbonyl (C=O) groups excluding carboxylic acids is 1. The average molecular weight is 405 g/mol. The highest BCUT2D eigenvalue weighted by Gasteiger charge is 2.29. The van der Waals surface area contributed by atoms with Crippen molar-refractivity contribution in [2.45, 2.75) is 18.8 Å². The Labute approximate surface area is 171 Å². The summed E-state index contributed by atoms with van der Waals surface area (Å²) in [7, 11) is 1.58. The van der Waals surface area contributed by atoms with Crippen LogP contribution in [-0.2, 0) is 0 Å². The van der Waals surface area contributed by atoms with Crippen LogP contribution in [0.4, 0.5) is 0 Å². The number of piperidine rings is 1. The van der Waals surface area contributed by atoms with Crippen LogP contribution in [0.2, 0.25) is 0 Å². The van der Waals surface area contributed by atoms with E-state index in [1.807, 2.05) is 18.2 Å². The number of hydrogen-bond donors (Lipinski definition) is 0. The first-order chi connectivity index (χ1) is 14.7. The van der Waals surface area contributed by atoms with E-state index in [1.54, 1.807) is 41.1 Å². The SMILES string of the molecule is COc1ccc2nnc(C3CCN(C(=O)c4cc(-c5cccnc5)on4)CC3)n2n1. The summed E-state index contributed by atoms with van der Waals surface area (Å²) < 4.78 is 12.3. The van der Waals surface area contributed by atoms with Crippen LogP contribution in [0.3, 0.4) is 0 Å². The zero-order chi connectivity index (χ0) is 20.5. The molecule has 4 aromatic heterocycles. The fourth-order valence-corrected chi connectivity index (χ4v) is 3.68. The Bertz CT molecular complexity index is 1180. The van der Waals surface area contributed by atoms with Crippen LogP contribution in [0.1, 0.15) is 35.1 Å². The van der Waals surface area contributed by atoms with Gasteiger partial charge in [-0.3, -0.25) is 9.78 Å². The van der Waals surface area contributed by atoms with Gasteiger partial charge in [0.15, 0.2) is 22.9 Å². The van der Waals surface area contributed by atoms with Gasteiger partial charge in [-0.25, -0.2) is 0 Å². The van der Waals surface area contributed by atoms with Crippen LogP contribution in [-0.4, -0.2) is 61.0 Å². The van der Waals surface area contributed by atoms with Gasteiger partial charge in [0.1, 0.15) is 0 Å². The van der Waals surface area contributed by atoms with Crippen molar-refractivity contribution in [2.24, 2.45) is 0 Å². The summed E-state index contributed by atoms with van der Waals surface area (Å²) in [5, 5.41) is 16.9. The quantitative estimate of drug-likeness (QED) is 0.508. The van der Waals surface area contributed by atoms with Gasteiger partial charge in [0, 0.05) is 49.1 Å². The van der Waals surface area contributed by atoms with Gasteiger partial charge < -0.3 is 14.2 Å². The Kier molecular flexibility index (Phi) is 4.58. The molecule has 0 bridgehead atoms. The maximum absolute atomic E-state index is 12.9. The van der Waals surface area contributed by atoms with Crippen LogP contribution in [0, 0.1) is 0 Å². The molecule has 1 saturated heterocycles. The number of ether oxygens (including phenoxy) is 1. The van der Waals surface area contributed by atoms with Crippen LogP contribution in [0.5, 0.6) is 5.88 Å². The summed E-state index contributed by atoms with van der Waals surface area (Å²) in [6, 6.07) is 8.91. The third-order valence-corrected chi connectivity index (χ3v) is 5.29. The van der Waals surface area contributed by atoms with Crippen molar-refractivity contribution in [3.63, 3.8) is 0 Å². The van der Waals surface area contributed by atoms with Gasteiger partial charge in [0.2, 0.25) is 5.88 Å². The number of amides is 1. The zero-order valence-corrected chi connectivity index (χ0v) is 16.3. The molecule has 10 nitrogen and oxygen atoms in total. The van der Waals surface area contributed by atoms with Gasteiger partial charge in [-0.15, -0.1) is 15.3 Å². The van der Waals surface area contributed by atoms with Gasteiger partial charge in [-0.05, 0) is 31.0 Å². The number of nitrogens with zero attached hydrogens (tertiary/aromatic N) is 7. The van der Waals surface area contributed by atoms with E-state index in [4.69, 9.17) is 9.26 Å². The molecule has 5 heterocycles. The molecule has 0 aromatic carbocycles. The van der Waals surface area contributed by atoms with E-state index >= 15 is 0 Å². The van der Waals surface area contributed by atoms with E-state index in [0.717, 1.165) is 24.2 Å². The topological polar surface area (TPSA) is 112 Å². The van der Waals surface area contributed by atoms with Crippen molar-refractivity contribution in [1.82, 2.24) is 34.9 Å². The Morgan fingerprint density at radius 3 is 2.83 bits per heavy atom. The number of hydrogen-bond acceptors (Lipinski definition) is 8. The fraction of sp³-hybridized carbons (Fsp3) is 0.300. The van der Waals surface area contributed by atoms with Crippen LogP contribution < -0.4 is 4.74 Å². The summed E-state index contributed by atoms with van der Waals surface area (Å²) in [4.78, 5) is 18.7. The van der Waals surface area contributed by atoms with E-state index < -0.39 is 0 Å². The molecule has 0 N–H and O–H groups in total. The van der Waals surface area contributed by atoms with E-state index in [-0.39, 0.29) is 11.8 Å². The molecular formula is C20H19N7O3. The molecule has 1 fully saturated rings. The molecular weight excluding hydrogens is 386 g/mol. The first-order valence-corrected chi connectivity index (χ1v) is 9.65. The summed E-state index contributed by atoms with van der Waals surface area (Å²) >= 11 is 0. The molecule has 0 spiro atoms. The normalized spacial score (nSPS) is 14.9. The Balaban J connectivity index is 1.28. The molecule has 0 radical (unpaired) electrons. The van der Waals surface area contributed by atoms with Crippen molar-refractivity contribution in [2.75, 3.05) is 20.2 Å². The number of likely N-dealkylation sites (tertiary alicyclic amines) is 1. The zero-order valence-electron chi connectivity index (χ0n) is 16.3. The maximum atomic E-state index is 12.9. The predicted octanol–water partition coefficient (Wildman–Crippen LogP) is 2.20. The van der Waals surface area contributed by atoms with Crippen LogP contribution >= 0.6 is 0 Å². The van der Waals surface area contributed by atoms with Crippen LogP contribution in [0.25, 0.3) is 17.0 Å². The second-order valence-electron chi connectivity index (χ2n) is 7.09. The van der Waals surface area contributed by atoms with Gasteiger partial charge in [-0.2, -0.15) is 4.52 Å². The molecule has 152 valence electrons. The molecule has 1 amide bonds. The minimum Gasteiger partial charge on any atom is -0.480 e. The number of aromatic nitrogens is 6. The highest BCUT2D eigenvalue weighted by atomic mass is 16.5. The number of carbonyl (C=O) groups is 1. The Hall–Kier alpha value is -3.82. The first-order valence-electron chi connectivity index (χ1n) is 9.65. The van der Waals surface area contributed by atoms with Crippen LogP contribution in [0.15, 0.2) is 47.2 Å². The van der Waals surface area contributed by atoms with Crippen molar-refractivity contribution < 1.29 is 14.1 Å². The third-order valence-electron chi connectivity index (χ3n) is 5.29. The number of rotatable bonds is 4. The molecule has 0 atom stereocenters. The van der Waals surface area contributed by atoms with E-state index in [1.165, 1.54) is 0 Å². The first kappa shape index (κ1) is 18.2. The molecule has 1 aliphatic rings. The highest BCUT2D eigenvalue weighted by Crippen LogP contribution is 2.28. The van der Waals surface area contributed by atoms with E-state index in [0.29, 0.717) is 36.1 Å². The smallest absolute Gasteiger partial charge is 0.276 e. The summed E-state index contributed by atoms with van der Waals surface area (Å²) in [5.74, 6) is 1.84. The van der Waals surface area contributed by atoms with E-state index in [2.05, 4.69) is 25.4 Å². The van der Waals surface area contributed by atoms with Gasteiger partial charge in [0.25, 0.3) is 5.91 Å². The molecule has 1 aliphatic heterocycles. The summed E-state index contributed by atoms with van der Waals surface area (Å²) in [6.45, 7) is 1.19. The van der Waals surface area contributed by atoms with Crippen molar-refractivity contribution in [3.8, 4) is 17.2 Å². The lowest BCUT2D eigenvalue weighted by Crippen LogP contribution is -2.38. The lowest BCUT2D eigenvalue weighted by atomic mass is 9.96. The largest absolute Gasteiger partial charge is 0.480 e. The number of methoxy groups -OCH3 is 1. The molecule has 5 rings (SSSR count). The predicted molar refractivity (Wildman–Crippen MR) is 105 cm³/mol. The lowest BCUT2D eigenvalue weighted by Gasteiger charge is -2.30. The standard InChI is InChI=1S/C20H19N7O3/c1-29-18-5-4-17-22-23-19(27(17)24-18)13-6-9-26(10-7-13)20(28)15-11-16(30-25-15)14-3-2-8-21-12-14/h2-5,8,11-13H,6-7,9-10H2,1H3. The fourth-order valence-electron chi connectivity index (χ4n) is 3.68. The Morgan fingerprint density at radius 1 is 1.20 bits per heavy atom. The average Bonchev–Trinajstić information content (AvgIpc) is 3.46. The minimum absolute atomic E-state index is 0.141. The lowest BCUT2D eigenvalue weighted by molar-refractivity contribution is 0.0700. The molecule has 30 heavy (non-hydrogen) atoms. The van der Waals surface area contributed by atoms with E-state index in [9.17, 15) is 4.79 Å². The van der Waals surface area contributed by atoms with Crippen molar-refractivity contribution >= 4 is 11.6 Å². The number of fused-ring (bicyclic) bond motifs is 1. The second-order valence-corrected chi connectivity index (χ2v) is 7.09. The second kappa shape index (κ2) is 7.54. The molecule has 0 aliphatic carbocycles. The molecule has 10 heteroatoms. The van der Waals surface area contributed by atoms with Gasteiger partial charge in [0.05, 0.1) is 7.11 Å². The summed E-state index contributed by atoms with van der Waals surface area (Å²) in [5.41, 5.74) is 1.76.